The number of amides is 1. The molecule has 2 aromatic carbocycles. The molecule has 0 N–H and O–H groups in total. The maximum atomic E-state index is 13.6. The lowest BCUT2D eigenvalue weighted by Crippen LogP contribution is -2.65. The van der Waals surface area contributed by atoms with Crippen molar-refractivity contribution in [2.24, 2.45) is 5.92 Å². The van der Waals surface area contributed by atoms with Crippen molar-refractivity contribution in [1.82, 2.24) is 29.9 Å². The number of carbonyl (C=O) groups is 1. The molecule has 2 atom stereocenters. The zero-order chi connectivity index (χ0) is 22.5. The molecule has 9 heteroatoms. The lowest BCUT2D eigenvalue weighted by Gasteiger charge is -2.53. The molecule has 2 fully saturated rings. The molecule has 2 aromatic heterocycles. The maximum Gasteiger partial charge on any atom is 0.256 e. The van der Waals surface area contributed by atoms with Gasteiger partial charge < -0.3 is 9.80 Å². The number of halogens is 1. The van der Waals surface area contributed by atoms with Crippen LogP contribution in [0.4, 0.5) is 10.2 Å². The fraction of sp³-hybridized carbons (Fsp3) is 0.292. The van der Waals surface area contributed by atoms with E-state index in [1.807, 2.05) is 30.0 Å². The van der Waals surface area contributed by atoms with Crippen molar-refractivity contribution < 1.29 is 9.18 Å². The van der Waals surface area contributed by atoms with Gasteiger partial charge in [-0.25, -0.2) is 9.37 Å². The van der Waals surface area contributed by atoms with E-state index in [-0.39, 0.29) is 17.8 Å². The van der Waals surface area contributed by atoms with Gasteiger partial charge in [0.25, 0.3) is 5.91 Å². The maximum absolute atomic E-state index is 13.6. The lowest BCUT2D eigenvalue weighted by atomic mass is 9.82. The summed E-state index contributed by atoms with van der Waals surface area (Å²) in [6, 6.07) is 10.4. The molecule has 0 saturated carbocycles. The van der Waals surface area contributed by atoms with Gasteiger partial charge in [-0.3, -0.25) is 9.78 Å². The van der Waals surface area contributed by atoms with Crippen LogP contribution in [0.25, 0.3) is 16.7 Å². The first-order valence-corrected chi connectivity index (χ1v) is 11.0. The quantitative estimate of drug-likeness (QED) is 0.484. The number of hydrogen-bond donors (Lipinski definition) is 0. The molecule has 4 heterocycles. The van der Waals surface area contributed by atoms with E-state index in [1.165, 1.54) is 16.9 Å². The molecule has 1 amide bonds. The number of piperidine rings is 1. The van der Waals surface area contributed by atoms with Gasteiger partial charge in [-0.1, -0.05) is 11.6 Å². The van der Waals surface area contributed by atoms with Crippen LogP contribution in [-0.2, 0) is 0 Å². The van der Waals surface area contributed by atoms with E-state index in [2.05, 4.69) is 20.1 Å². The Labute approximate surface area is 189 Å². The number of nitrogens with zero attached hydrogens (tertiary/aromatic N) is 7. The standard InChI is InChI=1S/C24H22FN7O/c1-15-2-5-21(32-27-7-8-28-32)18(10-15)24(33)30-9-6-16-13-31(22(16)14-30)23-12-26-20-11-17(25)3-4-19(20)29-23/h2-5,7-8,10-12,16,22H,6,9,13-14H2,1H3/t16-,22-/m1/s1. The third-order valence-electron chi connectivity index (χ3n) is 6.64. The lowest BCUT2D eigenvalue weighted by molar-refractivity contribution is 0.0591. The van der Waals surface area contributed by atoms with Crippen molar-refractivity contribution in [2.75, 3.05) is 24.5 Å². The fourth-order valence-electron chi connectivity index (χ4n) is 4.86. The number of carbonyl (C=O) groups excluding carboxylic acids is 1. The Hall–Kier alpha value is -3.88. The Morgan fingerprint density at radius 1 is 1.06 bits per heavy atom. The molecule has 2 aliphatic rings. The van der Waals surface area contributed by atoms with Gasteiger partial charge in [0.05, 0.1) is 46.9 Å². The van der Waals surface area contributed by atoms with Crippen LogP contribution in [0.5, 0.6) is 0 Å². The molecule has 2 aliphatic heterocycles. The second-order valence-corrected chi connectivity index (χ2v) is 8.72. The van der Waals surface area contributed by atoms with Crippen molar-refractivity contribution in [3.8, 4) is 5.69 Å². The summed E-state index contributed by atoms with van der Waals surface area (Å²) < 4.78 is 13.5. The number of anilines is 1. The fourth-order valence-corrected chi connectivity index (χ4v) is 4.86. The largest absolute Gasteiger partial charge is 0.350 e. The highest BCUT2D eigenvalue weighted by atomic mass is 19.1. The predicted molar refractivity (Wildman–Crippen MR) is 121 cm³/mol. The van der Waals surface area contributed by atoms with Crippen LogP contribution in [0.15, 0.2) is 55.0 Å². The average molecular weight is 443 g/mol. The summed E-state index contributed by atoms with van der Waals surface area (Å²) in [4.78, 5) is 28.3. The third kappa shape index (κ3) is 3.40. The first-order chi connectivity index (χ1) is 16.1. The predicted octanol–water partition coefficient (Wildman–Crippen LogP) is 3.01. The highest BCUT2D eigenvalue weighted by Crippen LogP contribution is 2.36. The molecule has 33 heavy (non-hydrogen) atoms. The van der Waals surface area contributed by atoms with E-state index in [1.54, 1.807) is 24.7 Å². The van der Waals surface area contributed by atoms with Gasteiger partial charge in [-0.2, -0.15) is 15.0 Å². The SMILES string of the molecule is Cc1ccc(-n2nccn2)c(C(=O)N2CC[C@@H]3CN(c4cnc5cc(F)ccc5n4)[C@@H]3C2)c1. The van der Waals surface area contributed by atoms with Crippen LogP contribution in [-0.4, -0.2) is 61.4 Å². The van der Waals surface area contributed by atoms with Crippen molar-refractivity contribution in [1.29, 1.82) is 0 Å². The number of aryl methyl sites for hydroxylation is 1. The number of hydrogen-bond acceptors (Lipinski definition) is 6. The minimum Gasteiger partial charge on any atom is -0.350 e. The van der Waals surface area contributed by atoms with Gasteiger partial charge in [-0.15, -0.1) is 0 Å². The minimum absolute atomic E-state index is 0.0172. The van der Waals surface area contributed by atoms with Crippen molar-refractivity contribution in [3.63, 3.8) is 0 Å². The Morgan fingerprint density at radius 2 is 1.91 bits per heavy atom. The van der Waals surface area contributed by atoms with Gasteiger partial charge >= 0.3 is 0 Å². The monoisotopic (exact) mass is 443 g/mol. The topological polar surface area (TPSA) is 80.0 Å². The molecule has 8 nitrogen and oxygen atoms in total. The van der Waals surface area contributed by atoms with Crippen LogP contribution in [0, 0.1) is 18.7 Å². The normalized spacial score (nSPS) is 19.9. The number of rotatable bonds is 3. The molecule has 4 aromatic rings. The van der Waals surface area contributed by atoms with Crippen LogP contribution >= 0.6 is 0 Å². The Balaban J connectivity index is 1.26. The molecule has 2 saturated heterocycles. The van der Waals surface area contributed by atoms with Crippen LogP contribution < -0.4 is 4.90 Å². The van der Waals surface area contributed by atoms with Crippen molar-refractivity contribution in [3.05, 3.63) is 71.9 Å². The summed E-state index contributed by atoms with van der Waals surface area (Å²) >= 11 is 0. The first kappa shape index (κ1) is 19.8. The number of fused-ring (bicyclic) bond motifs is 2. The van der Waals surface area contributed by atoms with Crippen LogP contribution in [0.1, 0.15) is 22.3 Å². The number of benzene rings is 2. The first-order valence-electron chi connectivity index (χ1n) is 11.0. The van der Waals surface area contributed by atoms with Crippen LogP contribution in [0.3, 0.4) is 0 Å². The van der Waals surface area contributed by atoms with E-state index < -0.39 is 0 Å². The molecule has 0 bridgehead atoms. The van der Waals surface area contributed by atoms with Gasteiger partial charge in [0.15, 0.2) is 0 Å². The molecular weight excluding hydrogens is 421 g/mol. The molecule has 0 spiro atoms. The number of likely N-dealkylation sites (tertiary alicyclic amines) is 1. The van der Waals surface area contributed by atoms with Gasteiger partial charge in [0.1, 0.15) is 11.6 Å². The average Bonchev–Trinajstić information content (AvgIpc) is 3.34. The van der Waals surface area contributed by atoms with Gasteiger partial charge in [0, 0.05) is 31.6 Å². The molecular formula is C24H22FN7O. The highest BCUT2D eigenvalue weighted by Gasteiger charge is 2.44. The van der Waals surface area contributed by atoms with E-state index in [4.69, 9.17) is 4.98 Å². The van der Waals surface area contributed by atoms with Gasteiger partial charge in [-0.05, 0) is 37.6 Å². The molecule has 0 radical (unpaired) electrons. The Kier molecular flexibility index (Phi) is 4.56. The van der Waals surface area contributed by atoms with E-state index in [9.17, 15) is 9.18 Å². The third-order valence-corrected chi connectivity index (χ3v) is 6.64. The zero-order valence-electron chi connectivity index (χ0n) is 18.1. The second kappa shape index (κ2) is 7.61. The molecule has 0 unspecified atom stereocenters. The Morgan fingerprint density at radius 3 is 2.76 bits per heavy atom. The minimum atomic E-state index is -0.323. The summed E-state index contributed by atoms with van der Waals surface area (Å²) in [7, 11) is 0. The summed E-state index contributed by atoms with van der Waals surface area (Å²) in [6.07, 6.45) is 5.84. The van der Waals surface area contributed by atoms with E-state index in [0.717, 1.165) is 30.9 Å². The van der Waals surface area contributed by atoms with E-state index >= 15 is 0 Å². The number of aromatic nitrogens is 5. The summed E-state index contributed by atoms with van der Waals surface area (Å²) in [5, 5.41) is 8.42. The summed E-state index contributed by atoms with van der Waals surface area (Å²) in [5.74, 6) is 0.943. The van der Waals surface area contributed by atoms with Crippen LogP contribution in [0.2, 0.25) is 0 Å². The van der Waals surface area contributed by atoms with Crippen molar-refractivity contribution in [2.45, 2.75) is 19.4 Å². The second-order valence-electron chi connectivity index (χ2n) is 8.72. The van der Waals surface area contributed by atoms with E-state index in [0.29, 0.717) is 34.7 Å². The highest BCUT2D eigenvalue weighted by molar-refractivity contribution is 5.98. The van der Waals surface area contributed by atoms with Crippen molar-refractivity contribution >= 4 is 22.8 Å². The smallest absolute Gasteiger partial charge is 0.256 e. The Bertz CT molecular complexity index is 1360. The zero-order valence-corrected chi connectivity index (χ0v) is 18.1. The summed E-state index contributed by atoms with van der Waals surface area (Å²) in [5.41, 5.74) is 3.49. The molecule has 166 valence electrons. The van der Waals surface area contributed by atoms with Gasteiger partial charge in [0.2, 0.25) is 0 Å². The molecule has 0 aliphatic carbocycles. The molecule has 6 rings (SSSR count). The summed E-state index contributed by atoms with van der Waals surface area (Å²) in [6.45, 7) is 4.20.